The van der Waals surface area contributed by atoms with Crippen LogP contribution in [0.4, 0.5) is 5.69 Å². The first-order valence-corrected chi connectivity index (χ1v) is 11.8. The molecule has 2 saturated heterocycles. The molecule has 7 heteroatoms. The lowest BCUT2D eigenvalue weighted by Crippen LogP contribution is -2.45. The Hall–Kier alpha value is -3.71. The van der Waals surface area contributed by atoms with Crippen LogP contribution in [0.3, 0.4) is 0 Å². The van der Waals surface area contributed by atoms with Crippen molar-refractivity contribution in [3.05, 3.63) is 78.1 Å². The van der Waals surface area contributed by atoms with Crippen LogP contribution in [0.25, 0.3) is 22.2 Å². The number of nitrogens with one attached hydrogen (secondary N) is 2. The number of amides is 1. The van der Waals surface area contributed by atoms with E-state index in [2.05, 4.69) is 49.7 Å². The van der Waals surface area contributed by atoms with E-state index in [0.29, 0.717) is 17.6 Å². The number of pyridine rings is 1. The summed E-state index contributed by atoms with van der Waals surface area (Å²) in [5.74, 6) is -0.134. The summed E-state index contributed by atoms with van der Waals surface area (Å²) < 4.78 is 5.73. The number of fused-ring (bicyclic) bond motifs is 3. The summed E-state index contributed by atoms with van der Waals surface area (Å²) >= 11 is 0. The lowest BCUT2D eigenvalue weighted by Gasteiger charge is -2.36. The molecule has 1 amide bonds. The summed E-state index contributed by atoms with van der Waals surface area (Å²) in [5, 5.41) is 11.6. The molecule has 0 radical (unpaired) electrons. The van der Waals surface area contributed by atoms with Crippen LogP contribution in [0.2, 0.25) is 0 Å². The predicted octanol–water partition coefficient (Wildman–Crippen LogP) is 4.48. The van der Waals surface area contributed by atoms with E-state index in [-0.39, 0.29) is 11.9 Å². The second-order valence-electron chi connectivity index (χ2n) is 9.16. The van der Waals surface area contributed by atoms with Gasteiger partial charge in [0.25, 0.3) is 5.91 Å². The predicted molar refractivity (Wildman–Crippen MR) is 132 cm³/mol. The number of aromatic nitrogens is 3. The average Bonchev–Trinajstić information content (AvgIpc) is 3.41. The second kappa shape index (κ2) is 8.57. The minimum absolute atomic E-state index is 0.134. The monoisotopic (exact) mass is 453 g/mol. The first-order valence-electron chi connectivity index (χ1n) is 11.8. The van der Waals surface area contributed by atoms with Crippen LogP contribution >= 0.6 is 0 Å². The van der Waals surface area contributed by atoms with Crippen molar-refractivity contribution in [1.29, 1.82) is 0 Å². The Morgan fingerprint density at radius 1 is 1.09 bits per heavy atom. The van der Waals surface area contributed by atoms with Crippen molar-refractivity contribution in [2.75, 3.05) is 18.1 Å². The van der Waals surface area contributed by atoms with E-state index in [1.165, 1.54) is 18.5 Å². The molecular weight excluding hydrogens is 426 g/mol. The van der Waals surface area contributed by atoms with Gasteiger partial charge in [-0.25, -0.2) is 0 Å². The zero-order valence-electron chi connectivity index (χ0n) is 19.1. The Balaban J connectivity index is 1.25. The minimum atomic E-state index is -0.184. The number of hydrogen-bond acceptors (Lipinski definition) is 5. The Morgan fingerprint density at radius 2 is 1.88 bits per heavy atom. The van der Waals surface area contributed by atoms with Gasteiger partial charge in [0, 0.05) is 28.4 Å². The number of ether oxygens (including phenoxy) is 1. The van der Waals surface area contributed by atoms with Gasteiger partial charge in [-0.3, -0.25) is 14.9 Å². The fraction of sp³-hybridized carbons (Fsp3) is 0.296. The van der Waals surface area contributed by atoms with Crippen LogP contribution in [-0.4, -0.2) is 46.4 Å². The van der Waals surface area contributed by atoms with Crippen molar-refractivity contribution in [1.82, 2.24) is 20.5 Å². The third kappa shape index (κ3) is 3.72. The Labute approximate surface area is 198 Å². The summed E-state index contributed by atoms with van der Waals surface area (Å²) in [6.07, 6.45) is 4.12. The fourth-order valence-corrected chi connectivity index (χ4v) is 5.20. The number of benzene rings is 2. The van der Waals surface area contributed by atoms with E-state index in [1.54, 1.807) is 6.20 Å². The van der Waals surface area contributed by atoms with Crippen molar-refractivity contribution >= 4 is 22.5 Å². The van der Waals surface area contributed by atoms with Gasteiger partial charge in [-0.15, -0.1) is 0 Å². The standard InChI is InChI=1S/C27H27N5O2/c1-17(24-4-2-3-13-28-24)29-27(33)19-7-12-25-23(14-19)26(31-30-25)18-5-8-20(9-6-18)32-21-10-11-22(32)16-34-15-21/h2-9,12-14,17,21-22H,10-11,15-16H2,1H3,(H,29,33)(H,30,31). The average molecular weight is 454 g/mol. The molecule has 4 aromatic rings. The van der Waals surface area contributed by atoms with Crippen molar-refractivity contribution in [2.24, 2.45) is 0 Å². The van der Waals surface area contributed by atoms with E-state index in [4.69, 9.17) is 4.74 Å². The van der Waals surface area contributed by atoms with Crippen LogP contribution in [0, 0.1) is 0 Å². The van der Waals surface area contributed by atoms with Crippen molar-refractivity contribution in [3.8, 4) is 11.3 Å². The fourth-order valence-electron chi connectivity index (χ4n) is 5.20. The number of morpholine rings is 1. The molecule has 3 atom stereocenters. The highest BCUT2D eigenvalue weighted by atomic mass is 16.5. The van der Waals surface area contributed by atoms with Gasteiger partial charge in [-0.05, 0) is 62.2 Å². The molecule has 0 saturated carbocycles. The van der Waals surface area contributed by atoms with Gasteiger partial charge < -0.3 is 15.0 Å². The summed E-state index contributed by atoms with van der Waals surface area (Å²) in [4.78, 5) is 19.8. The van der Waals surface area contributed by atoms with Crippen molar-refractivity contribution < 1.29 is 9.53 Å². The molecule has 2 aromatic carbocycles. The van der Waals surface area contributed by atoms with Crippen molar-refractivity contribution in [2.45, 2.75) is 37.9 Å². The molecule has 3 unspecified atom stereocenters. The lowest BCUT2D eigenvalue weighted by molar-refractivity contribution is 0.0906. The number of carbonyl (C=O) groups is 1. The van der Waals surface area contributed by atoms with E-state index in [1.807, 2.05) is 43.3 Å². The van der Waals surface area contributed by atoms with Crippen LogP contribution < -0.4 is 10.2 Å². The molecule has 2 N–H and O–H groups in total. The van der Waals surface area contributed by atoms with Gasteiger partial charge in [-0.2, -0.15) is 5.10 Å². The quantitative estimate of drug-likeness (QED) is 0.465. The highest BCUT2D eigenvalue weighted by molar-refractivity contribution is 6.01. The molecule has 2 fully saturated rings. The second-order valence-corrected chi connectivity index (χ2v) is 9.16. The lowest BCUT2D eigenvalue weighted by atomic mass is 10.0. The number of anilines is 1. The number of hydrogen-bond donors (Lipinski definition) is 2. The third-order valence-electron chi connectivity index (χ3n) is 6.98. The molecule has 34 heavy (non-hydrogen) atoms. The molecule has 7 nitrogen and oxygen atoms in total. The molecule has 2 aliphatic rings. The number of aromatic amines is 1. The minimum Gasteiger partial charge on any atom is -0.377 e. The third-order valence-corrected chi connectivity index (χ3v) is 6.98. The molecule has 2 aromatic heterocycles. The number of rotatable bonds is 5. The van der Waals surface area contributed by atoms with Crippen molar-refractivity contribution in [3.63, 3.8) is 0 Å². The number of carbonyl (C=O) groups excluding carboxylic acids is 1. The zero-order chi connectivity index (χ0) is 23.1. The number of nitrogens with zero attached hydrogens (tertiary/aromatic N) is 3. The molecule has 4 heterocycles. The normalized spacial score (nSPS) is 20.4. The van der Waals surface area contributed by atoms with E-state index in [9.17, 15) is 4.79 Å². The van der Waals surface area contributed by atoms with E-state index in [0.717, 1.165) is 41.1 Å². The molecule has 0 aliphatic carbocycles. The highest BCUT2D eigenvalue weighted by Crippen LogP contribution is 2.35. The largest absolute Gasteiger partial charge is 0.377 e. The van der Waals surface area contributed by atoms with Crippen LogP contribution in [0.1, 0.15) is 41.9 Å². The SMILES string of the molecule is CC(NC(=O)c1ccc2[nH]nc(-c3ccc(N4C5CCC4COC5)cc3)c2c1)c1ccccn1. The smallest absolute Gasteiger partial charge is 0.251 e. The topological polar surface area (TPSA) is 83.1 Å². The summed E-state index contributed by atoms with van der Waals surface area (Å²) in [6, 6.07) is 20.7. The van der Waals surface area contributed by atoms with Crippen LogP contribution in [-0.2, 0) is 4.74 Å². The summed E-state index contributed by atoms with van der Waals surface area (Å²) in [7, 11) is 0. The van der Waals surface area contributed by atoms with Gasteiger partial charge in [0.2, 0.25) is 0 Å². The zero-order valence-corrected chi connectivity index (χ0v) is 19.1. The van der Waals surface area contributed by atoms with Gasteiger partial charge in [0.15, 0.2) is 0 Å². The molecule has 2 aliphatic heterocycles. The molecular formula is C27H27N5O2. The molecule has 6 rings (SSSR count). The van der Waals surface area contributed by atoms with Crippen LogP contribution in [0.5, 0.6) is 0 Å². The molecule has 2 bridgehead atoms. The number of H-pyrrole nitrogens is 1. The van der Waals surface area contributed by atoms with Gasteiger partial charge in [-0.1, -0.05) is 18.2 Å². The summed E-state index contributed by atoms with van der Waals surface area (Å²) in [5.41, 5.74) is 5.44. The van der Waals surface area contributed by atoms with Gasteiger partial charge in [0.05, 0.1) is 48.2 Å². The maximum absolute atomic E-state index is 12.9. The van der Waals surface area contributed by atoms with Gasteiger partial charge in [0.1, 0.15) is 0 Å². The maximum atomic E-state index is 12.9. The summed E-state index contributed by atoms with van der Waals surface area (Å²) in [6.45, 7) is 3.56. The maximum Gasteiger partial charge on any atom is 0.251 e. The first-order chi connectivity index (χ1) is 16.7. The highest BCUT2D eigenvalue weighted by Gasteiger charge is 2.37. The van der Waals surface area contributed by atoms with E-state index < -0.39 is 0 Å². The van der Waals surface area contributed by atoms with E-state index >= 15 is 0 Å². The molecule has 172 valence electrons. The Bertz CT molecular complexity index is 1300. The van der Waals surface area contributed by atoms with Crippen LogP contribution in [0.15, 0.2) is 66.9 Å². The first kappa shape index (κ1) is 20.9. The molecule has 0 spiro atoms. The Morgan fingerprint density at radius 3 is 2.62 bits per heavy atom. The van der Waals surface area contributed by atoms with Gasteiger partial charge >= 0.3 is 0 Å². The Kier molecular flexibility index (Phi) is 5.26.